The fourth-order valence-electron chi connectivity index (χ4n) is 1.56. The molecule has 0 aliphatic heterocycles. The number of rotatable bonds is 2. The number of benzene rings is 1. The lowest BCUT2D eigenvalue weighted by Crippen LogP contribution is -2.10. The zero-order valence-electron chi connectivity index (χ0n) is 10.2. The summed E-state index contributed by atoms with van der Waals surface area (Å²) in [5.74, 6) is 1.09. The van der Waals surface area contributed by atoms with Gasteiger partial charge in [0.05, 0.1) is 10.2 Å². The van der Waals surface area contributed by atoms with E-state index in [1.165, 1.54) is 14.6 Å². The van der Waals surface area contributed by atoms with Gasteiger partial charge in [0, 0.05) is 0 Å². The van der Waals surface area contributed by atoms with E-state index in [2.05, 4.69) is 50.9 Å². The molecule has 0 N–H and O–H groups in total. The Morgan fingerprint density at radius 3 is 2.69 bits per heavy atom. The molecule has 86 valence electrons. The zero-order valence-corrected chi connectivity index (χ0v) is 11.8. The normalized spacial score (nSPS) is 12.2. The second kappa shape index (κ2) is 4.38. The Hall–Kier alpha value is -0.540. The van der Waals surface area contributed by atoms with Crippen LogP contribution in [0.1, 0.15) is 33.3 Å². The number of nitrogens with zero attached hydrogens (tertiary/aromatic N) is 1. The highest BCUT2D eigenvalue weighted by atomic mass is 32.2. The van der Waals surface area contributed by atoms with Crippen molar-refractivity contribution in [3.63, 3.8) is 0 Å². The van der Waals surface area contributed by atoms with E-state index in [9.17, 15) is 0 Å². The van der Waals surface area contributed by atoms with Crippen molar-refractivity contribution in [3.05, 3.63) is 23.8 Å². The predicted molar refractivity (Wildman–Crippen MR) is 74.7 cm³/mol. The van der Waals surface area contributed by atoms with Gasteiger partial charge in [0.25, 0.3) is 0 Å². The lowest BCUT2D eigenvalue weighted by Gasteiger charge is -2.18. The van der Waals surface area contributed by atoms with Gasteiger partial charge in [-0.2, -0.15) is 0 Å². The van der Waals surface area contributed by atoms with Gasteiger partial charge in [-0.3, -0.25) is 0 Å². The van der Waals surface area contributed by atoms with Gasteiger partial charge in [-0.15, -0.1) is 11.3 Å². The predicted octanol–water partition coefficient (Wildman–Crippen LogP) is 4.71. The Kier molecular flexibility index (Phi) is 3.27. The Morgan fingerprint density at radius 1 is 1.31 bits per heavy atom. The highest BCUT2D eigenvalue weighted by molar-refractivity contribution is 8.01. The molecule has 1 nitrogen and oxygen atoms in total. The fourth-order valence-corrected chi connectivity index (χ4v) is 3.50. The summed E-state index contributed by atoms with van der Waals surface area (Å²) in [7, 11) is 0. The molecule has 16 heavy (non-hydrogen) atoms. The smallest absolute Gasteiger partial charge is 0.151 e. The van der Waals surface area contributed by atoms with E-state index in [-0.39, 0.29) is 5.41 Å². The molecule has 1 heterocycles. The summed E-state index contributed by atoms with van der Waals surface area (Å²) >= 11 is 3.61. The molecule has 0 spiro atoms. The molecule has 0 bridgehead atoms. The molecule has 0 aliphatic carbocycles. The SMILES string of the molecule is CCSc1nc2cc(C(C)(C)C)ccc2s1. The molecule has 2 rings (SSSR count). The topological polar surface area (TPSA) is 12.9 Å². The second-order valence-electron chi connectivity index (χ2n) is 4.85. The van der Waals surface area contributed by atoms with Gasteiger partial charge >= 0.3 is 0 Å². The van der Waals surface area contributed by atoms with Gasteiger partial charge in [0.1, 0.15) is 0 Å². The average Bonchev–Trinajstić information content (AvgIpc) is 2.57. The number of thioether (sulfide) groups is 1. The van der Waals surface area contributed by atoms with Gasteiger partial charge in [0.2, 0.25) is 0 Å². The van der Waals surface area contributed by atoms with Gasteiger partial charge in [-0.05, 0) is 28.9 Å². The summed E-state index contributed by atoms with van der Waals surface area (Å²) in [6.07, 6.45) is 0. The van der Waals surface area contributed by atoms with Gasteiger partial charge in [-0.25, -0.2) is 4.98 Å². The van der Waals surface area contributed by atoms with Crippen LogP contribution in [0.25, 0.3) is 10.2 Å². The molecular formula is C13H17NS2. The highest BCUT2D eigenvalue weighted by Gasteiger charge is 2.15. The van der Waals surface area contributed by atoms with Gasteiger partial charge < -0.3 is 0 Å². The Bertz CT molecular complexity index is 494. The molecule has 0 fully saturated rings. The molecule has 1 aromatic heterocycles. The number of aromatic nitrogens is 1. The van der Waals surface area contributed by atoms with Crippen LogP contribution in [0.5, 0.6) is 0 Å². The number of hydrogen-bond donors (Lipinski definition) is 0. The van der Waals surface area contributed by atoms with Crippen molar-refractivity contribution in [3.8, 4) is 0 Å². The molecule has 1 aromatic carbocycles. The minimum absolute atomic E-state index is 0.204. The number of thiazole rings is 1. The lowest BCUT2D eigenvalue weighted by atomic mass is 9.87. The van der Waals surface area contributed by atoms with Crippen LogP contribution in [-0.2, 0) is 5.41 Å². The lowest BCUT2D eigenvalue weighted by molar-refractivity contribution is 0.591. The summed E-state index contributed by atoms with van der Waals surface area (Å²) < 4.78 is 2.48. The average molecular weight is 251 g/mol. The maximum Gasteiger partial charge on any atom is 0.151 e. The Morgan fingerprint density at radius 2 is 2.06 bits per heavy atom. The molecular weight excluding hydrogens is 234 g/mol. The van der Waals surface area contributed by atoms with E-state index in [0.717, 1.165) is 11.3 Å². The number of fused-ring (bicyclic) bond motifs is 1. The maximum atomic E-state index is 4.66. The number of hydrogen-bond acceptors (Lipinski definition) is 3. The molecule has 0 unspecified atom stereocenters. The van der Waals surface area contributed by atoms with Gasteiger partial charge in [-0.1, -0.05) is 45.5 Å². The Balaban J connectivity index is 2.46. The molecule has 0 amide bonds. The van der Waals surface area contributed by atoms with Crippen LogP contribution in [0.15, 0.2) is 22.5 Å². The third-order valence-corrected chi connectivity index (χ3v) is 4.56. The first-order valence-electron chi connectivity index (χ1n) is 5.54. The van der Waals surface area contributed by atoms with E-state index in [1.807, 2.05) is 11.8 Å². The van der Waals surface area contributed by atoms with Crippen molar-refractivity contribution in [2.75, 3.05) is 5.75 Å². The first-order valence-corrected chi connectivity index (χ1v) is 7.35. The van der Waals surface area contributed by atoms with E-state index < -0.39 is 0 Å². The monoisotopic (exact) mass is 251 g/mol. The van der Waals surface area contributed by atoms with Crippen LogP contribution in [0.3, 0.4) is 0 Å². The van der Waals surface area contributed by atoms with Crippen molar-refractivity contribution >= 4 is 33.3 Å². The summed E-state index contributed by atoms with van der Waals surface area (Å²) in [5, 5.41) is 0. The summed E-state index contributed by atoms with van der Waals surface area (Å²) in [4.78, 5) is 4.66. The molecule has 2 aromatic rings. The molecule has 0 saturated heterocycles. The minimum Gasteiger partial charge on any atom is -0.230 e. The summed E-state index contributed by atoms with van der Waals surface area (Å²) in [6, 6.07) is 6.65. The largest absolute Gasteiger partial charge is 0.230 e. The van der Waals surface area contributed by atoms with Crippen LogP contribution >= 0.6 is 23.1 Å². The standard InChI is InChI=1S/C13H17NS2/c1-5-15-12-14-10-8-9(13(2,3)4)6-7-11(10)16-12/h6-8H,5H2,1-4H3. The Labute approximate surface area is 105 Å². The molecule has 0 aliphatic rings. The summed E-state index contributed by atoms with van der Waals surface area (Å²) in [5.41, 5.74) is 2.71. The minimum atomic E-state index is 0.204. The van der Waals surface area contributed by atoms with E-state index in [4.69, 9.17) is 0 Å². The van der Waals surface area contributed by atoms with Crippen molar-refractivity contribution in [1.29, 1.82) is 0 Å². The van der Waals surface area contributed by atoms with Crippen molar-refractivity contribution in [2.24, 2.45) is 0 Å². The van der Waals surface area contributed by atoms with Crippen molar-refractivity contribution in [2.45, 2.75) is 37.4 Å². The molecule has 0 radical (unpaired) electrons. The van der Waals surface area contributed by atoms with E-state index in [1.54, 1.807) is 11.3 Å². The van der Waals surface area contributed by atoms with Crippen molar-refractivity contribution < 1.29 is 0 Å². The fraction of sp³-hybridized carbons (Fsp3) is 0.462. The van der Waals surface area contributed by atoms with Crippen molar-refractivity contribution in [1.82, 2.24) is 4.98 Å². The third-order valence-electron chi connectivity index (χ3n) is 2.50. The molecule has 3 heteroatoms. The first-order chi connectivity index (χ1) is 7.50. The third kappa shape index (κ3) is 2.41. The molecule has 0 atom stereocenters. The van der Waals surface area contributed by atoms with Crippen LogP contribution in [-0.4, -0.2) is 10.7 Å². The van der Waals surface area contributed by atoms with Crippen LogP contribution in [0.4, 0.5) is 0 Å². The highest BCUT2D eigenvalue weighted by Crippen LogP contribution is 2.32. The van der Waals surface area contributed by atoms with Crippen LogP contribution in [0.2, 0.25) is 0 Å². The quantitative estimate of drug-likeness (QED) is 0.717. The summed E-state index contributed by atoms with van der Waals surface area (Å²) in [6.45, 7) is 8.88. The van der Waals surface area contributed by atoms with E-state index >= 15 is 0 Å². The second-order valence-corrected chi connectivity index (χ2v) is 7.39. The van der Waals surface area contributed by atoms with Gasteiger partial charge in [0.15, 0.2) is 4.34 Å². The molecule has 0 saturated carbocycles. The van der Waals surface area contributed by atoms with Crippen LogP contribution < -0.4 is 0 Å². The zero-order chi connectivity index (χ0) is 11.8. The van der Waals surface area contributed by atoms with Crippen LogP contribution in [0, 0.1) is 0 Å². The van der Waals surface area contributed by atoms with E-state index in [0.29, 0.717) is 0 Å². The maximum absolute atomic E-state index is 4.66. The first kappa shape index (κ1) is 11.9.